The minimum Gasteiger partial charge on any atom is -0.508 e. The molecule has 2 atom stereocenters. The van der Waals surface area contributed by atoms with Gasteiger partial charge in [-0.05, 0) is 86.8 Å². The highest BCUT2D eigenvalue weighted by Gasteiger charge is 2.45. The fraction of sp³-hybridized carbons (Fsp3) is 0.455. The van der Waals surface area contributed by atoms with E-state index in [0.717, 1.165) is 58.4 Å². The second kappa shape index (κ2) is 10.0. The number of nitrogens with one attached hydrogen (secondary N) is 1. The van der Waals surface area contributed by atoms with Gasteiger partial charge in [-0.1, -0.05) is 18.2 Å². The lowest BCUT2D eigenvalue weighted by molar-refractivity contribution is 0.170. The van der Waals surface area contributed by atoms with Gasteiger partial charge in [0.2, 0.25) is 0 Å². The Labute approximate surface area is 243 Å². The summed E-state index contributed by atoms with van der Waals surface area (Å²) in [6.45, 7) is 5.37. The highest BCUT2D eigenvalue weighted by Crippen LogP contribution is 2.47. The second-order valence-corrected chi connectivity index (χ2v) is 12.8. The topological polar surface area (TPSA) is 73.8 Å². The molecule has 4 fully saturated rings. The van der Waals surface area contributed by atoms with Crippen LogP contribution in [0.4, 0.5) is 14.6 Å². The fourth-order valence-electron chi connectivity index (χ4n) is 7.35. The average Bonchev–Trinajstić information content (AvgIpc) is 3.38. The largest absolute Gasteiger partial charge is 0.508 e. The summed E-state index contributed by atoms with van der Waals surface area (Å²) in [6, 6.07) is 11.9. The standard InChI is InChI=1S/C33H35F2N5O2/c34-27-5-3-4-20-14-23(41)15-26(28(20)27)24-8-9-25-30(29(24)35)37-32(38-31(25)40-16-21-6-7-22(17-40)36-21)42-19-33(10-11-33)18-39-12-1-2-13-39/h3-5,8-9,14-15,21-22,36,41H,1-2,6-7,10-13,16-19H2/t21-,22+. The van der Waals surface area contributed by atoms with Crippen molar-refractivity contribution >= 4 is 27.5 Å². The van der Waals surface area contributed by atoms with Gasteiger partial charge in [-0.15, -0.1) is 0 Å². The average molecular weight is 572 g/mol. The van der Waals surface area contributed by atoms with Gasteiger partial charge in [0.05, 0.1) is 6.61 Å². The van der Waals surface area contributed by atoms with Crippen molar-refractivity contribution in [1.29, 1.82) is 0 Å². The number of aromatic hydroxyl groups is 1. The van der Waals surface area contributed by atoms with Crippen molar-refractivity contribution < 1.29 is 18.6 Å². The van der Waals surface area contributed by atoms with E-state index in [1.807, 2.05) is 6.07 Å². The molecule has 218 valence electrons. The lowest BCUT2D eigenvalue weighted by atomic mass is 9.96. The summed E-state index contributed by atoms with van der Waals surface area (Å²) < 4.78 is 38.0. The van der Waals surface area contributed by atoms with E-state index >= 15 is 8.78 Å². The SMILES string of the molecule is Oc1cc(-c2ccc3c(N4C[C@H]5CC[C@@H](C4)N5)nc(OCC4(CN5CCCC5)CC4)nc3c2F)c2c(F)cccc2c1. The third-order valence-electron chi connectivity index (χ3n) is 9.71. The molecule has 2 N–H and O–H groups in total. The molecule has 9 heteroatoms. The van der Waals surface area contributed by atoms with Gasteiger partial charge in [-0.25, -0.2) is 8.78 Å². The molecule has 1 aliphatic carbocycles. The van der Waals surface area contributed by atoms with Crippen LogP contribution >= 0.6 is 0 Å². The second-order valence-electron chi connectivity index (χ2n) is 12.8. The van der Waals surface area contributed by atoms with Crippen LogP contribution in [0.3, 0.4) is 0 Å². The molecule has 1 saturated carbocycles. The number of hydrogen-bond acceptors (Lipinski definition) is 7. The predicted molar refractivity (Wildman–Crippen MR) is 159 cm³/mol. The molecule has 0 amide bonds. The molecule has 3 aromatic carbocycles. The molecular weight excluding hydrogens is 536 g/mol. The maximum Gasteiger partial charge on any atom is 0.319 e. The van der Waals surface area contributed by atoms with Gasteiger partial charge >= 0.3 is 6.01 Å². The maximum absolute atomic E-state index is 16.6. The Morgan fingerprint density at radius 3 is 2.52 bits per heavy atom. The summed E-state index contributed by atoms with van der Waals surface area (Å²) in [7, 11) is 0. The number of hydrogen-bond donors (Lipinski definition) is 2. The number of rotatable bonds is 7. The number of phenolic OH excluding ortho intramolecular Hbond substituents is 1. The number of fused-ring (bicyclic) bond motifs is 4. The Morgan fingerprint density at radius 1 is 0.976 bits per heavy atom. The van der Waals surface area contributed by atoms with E-state index in [4.69, 9.17) is 9.72 Å². The van der Waals surface area contributed by atoms with Crippen molar-refractivity contribution in [3.63, 3.8) is 0 Å². The Kier molecular flexibility index (Phi) is 6.23. The Morgan fingerprint density at radius 2 is 1.76 bits per heavy atom. The third kappa shape index (κ3) is 4.63. The number of benzene rings is 3. The molecule has 8 rings (SSSR count). The van der Waals surface area contributed by atoms with Gasteiger partial charge in [-0.3, -0.25) is 0 Å². The zero-order valence-corrected chi connectivity index (χ0v) is 23.6. The molecule has 1 aromatic heterocycles. The molecule has 4 aromatic rings. The summed E-state index contributed by atoms with van der Waals surface area (Å²) in [4.78, 5) is 14.3. The van der Waals surface area contributed by atoms with Crippen LogP contribution in [-0.2, 0) is 0 Å². The van der Waals surface area contributed by atoms with Crippen LogP contribution in [0.25, 0.3) is 32.8 Å². The summed E-state index contributed by atoms with van der Waals surface area (Å²) in [6.07, 6.45) is 6.95. The molecule has 3 aliphatic heterocycles. The monoisotopic (exact) mass is 571 g/mol. The summed E-state index contributed by atoms with van der Waals surface area (Å²) in [5, 5.41) is 15.4. The minimum absolute atomic E-state index is 0.0565. The van der Waals surface area contributed by atoms with Gasteiger partial charge in [0, 0.05) is 53.5 Å². The van der Waals surface area contributed by atoms with Crippen molar-refractivity contribution in [3.05, 3.63) is 54.1 Å². The number of phenols is 1. The summed E-state index contributed by atoms with van der Waals surface area (Å²) >= 11 is 0. The van der Waals surface area contributed by atoms with Crippen LogP contribution in [-0.4, -0.2) is 71.4 Å². The molecule has 4 heterocycles. The molecule has 0 radical (unpaired) electrons. The van der Waals surface area contributed by atoms with Crippen LogP contribution in [0.2, 0.25) is 0 Å². The van der Waals surface area contributed by atoms with E-state index in [0.29, 0.717) is 35.3 Å². The van der Waals surface area contributed by atoms with E-state index in [1.165, 1.54) is 31.0 Å². The maximum atomic E-state index is 16.6. The highest BCUT2D eigenvalue weighted by atomic mass is 19.1. The predicted octanol–water partition coefficient (Wildman–Crippen LogP) is 5.63. The molecule has 0 unspecified atom stereocenters. The summed E-state index contributed by atoms with van der Waals surface area (Å²) in [5.41, 5.74) is 0.718. The first-order valence-corrected chi connectivity index (χ1v) is 15.2. The van der Waals surface area contributed by atoms with Crippen molar-refractivity contribution in [2.75, 3.05) is 44.2 Å². The van der Waals surface area contributed by atoms with Crippen molar-refractivity contribution in [2.45, 2.75) is 50.6 Å². The first-order valence-electron chi connectivity index (χ1n) is 15.2. The first-order chi connectivity index (χ1) is 20.4. The van der Waals surface area contributed by atoms with E-state index in [2.05, 4.69) is 20.1 Å². The number of likely N-dealkylation sites (tertiary alicyclic amines) is 1. The molecule has 7 nitrogen and oxygen atoms in total. The normalized spacial score (nSPS) is 23.2. The van der Waals surface area contributed by atoms with E-state index < -0.39 is 11.6 Å². The Balaban J connectivity index is 1.22. The van der Waals surface area contributed by atoms with Crippen molar-refractivity contribution in [2.24, 2.45) is 5.41 Å². The van der Waals surface area contributed by atoms with Gasteiger partial charge in [0.25, 0.3) is 0 Å². The summed E-state index contributed by atoms with van der Waals surface area (Å²) in [5.74, 6) is -0.430. The Hall–Kier alpha value is -3.56. The smallest absolute Gasteiger partial charge is 0.319 e. The molecule has 0 spiro atoms. The van der Waals surface area contributed by atoms with Gasteiger partial charge in [0.1, 0.15) is 22.9 Å². The molecule has 4 aliphatic rings. The molecular formula is C33H35F2N5O2. The lowest BCUT2D eigenvalue weighted by Gasteiger charge is -2.34. The first kappa shape index (κ1) is 26.1. The number of nitrogens with zero attached hydrogens (tertiary/aromatic N) is 4. The van der Waals surface area contributed by atoms with Crippen molar-refractivity contribution in [3.8, 4) is 22.9 Å². The zero-order chi connectivity index (χ0) is 28.4. The highest BCUT2D eigenvalue weighted by molar-refractivity contribution is 6.01. The number of piperazine rings is 1. The molecule has 42 heavy (non-hydrogen) atoms. The molecule has 3 saturated heterocycles. The van der Waals surface area contributed by atoms with Crippen LogP contribution in [0.1, 0.15) is 38.5 Å². The van der Waals surface area contributed by atoms with Crippen LogP contribution < -0.4 is 15.0 Å². The van der Waals surface area contributed by atoms with Crippen molar-refractivity contribution in [1.82, 2.24) is 20.2 Å². The van der Waals surface area contributed by atoms with E-state index in [9.17, 15) is 5.11 Å². The van der Waals surface area contributed by atoms with Gasteiger partial charge in [0.15, 0.2) is 5.82 Å². The fourth-order valence-corrected chi connectivity index (χ4v) is 7.35. The van der Waals surface area contributed by atoms with Crippen LogP contribution in [0.5, 0.6) is 11.8 Å². The van der Waals surface area contributed by atoms with Crippen LogP contribution in [0.15, 0.2) is 42.5 Å². The van der Waals surface area contributed by atoms with Crippen LogP contribution in [0, 0.1) is 17.0 Å². The Bertz CT molecular complexity index is 1670. The van der Waals surface area contributed by atoms with E-state index in [-0.39, 0.29) is 39.2 Å². The number of halogens is 2. The molecule has 2 bridgehead atoms. The lowest BCUT2D eigenvalue weighted by Crippen LogP contribution is -2.51. The number of ether oxygens (including phenoxy) is 1. The number of anilines is 1. The minimum atomic E-state index is -0.576. The quantitative estimate of drug-likeness (QED) is 0.298. The van der Waals surface area contributed by atoms with E-state index in [1.54, 1.807) is 18.2 Å². The third-order valence-corrected chi connectivity index (χ3v) is 9.71. The van der Waals surface area contributed by atoms with Gasteiger partial charge in [-0.2, -0.15) is 9.97 Å². The van der Waals surface area contributed by atoms with Gasteiger partial charge < -0.3 is 25.0 Å². The number of aromatic nitrogens is 2. The zero-order valence-electron chi connectivity index (χ0n) is 23.6.